The molecule has 2 unspecified atom stereocenters. The lowest BCUT2D eigenvalue weighted by Gasteiger charge is -2.20. The third-order valence-electron chi connectivity index (χ3n) is 14.9. The molecule has 0 saturated carbocycles. The fraction of sp³-hybridized carbons (Fsp3) is 0.879. The molecular formula is C66H125NO5. The Hall–Kier alpha value is -1.92. The van der Waals surface area contributed by atoms with E-state index in [-0.39, 0.29) is 18.5 Å². The monoisotopic (exact) mass is 1010 g/mol. The molecule has 0 aliphatic carbocycles. The van der Waals surface area contributed by atoms with Crippen molar-refractivity contribution in [1.82, 2.24) is 5.32 Å². The average molecular weight is 1010 g/mol. The fourth-order valence-electron chi connectivity index (χ4n) is 9.91. The van der Waals surface area contributed by atoms with Gasteiger partial charge in [0.2, 0.25) is 5.91 Å². The predicted molar refractivity (Wildman–Crippen MR) is 315 cm³/mol. The Morgan fingerprint density at radius 1 is 0.375 bits per heavy atom. The van der Waals surface area contributed by atoms with Crippen molar-refractivity contribution in [3.63, 3.8) is 0 Å². The van der Waals surface area contributed by atoms with E-state index in [1.165, 1.54) is 276 Å². The van der Waals surface area contributed by atoms with Crippen LogP contribution in [0, 0.1) is 0 Å². The molecule has 0 rings (SSSR count). The largest absolute Gasteiger partial charge is 0.466 e. The van der Waals surface area contributed by atoms with Crippen molar-refractivity contribution in [2.45, 2.75) is 360 Å². The maximum Gasteiger partial charge on any atom is 0.305 e. The number of hydrogen-bond donors (Lipinski definition) is 3. The van der Waals surface area contributed by atoms with Crippen LogP contribution in [0.15, 0.2) is 36.5 Å². The number of amides is 1. The lowest BCUT2D eigenvalue weighted by Crippen LogP contribution is -2.45. The second-order valence-corrected chi connectivity index (χ2v) is 22.1. The van der Waals surface area contributed by atoms with Crippen LogP contribution in [-0.4, -0.2) is 47.4 Å². The summed E-state index contributed by atoms with van der Waals surface area (Å²) in [5.41, 5.74) is 0. The summed E-state index contributed by atoms with van der Waals surface area (Å²) in [4.78, 5) is 24.5. The van der Waals surface area contributed by atoms with Gasteiger partial charge in [-0.3, -0.25) is 9.59 Å². The minimum absolute atomic E-state index is 0.00281. The summed E-state index contributed by atoms with van der Waals surface area (Å²) in [6.45, 7) is 4.88. The summed E-state index contributed by atoms with van der Waals surface area (Å²) in [5, 5.41) is 23.2. The van der Waals surface area contributed by atoms with E-state index in [9.17, 15) is 19.8 Å². The predicted octanol–water partition coefficient (Wildman–Crippen LogP) is 20.4. The number of unbranched alkanes of at least 4 members (excludes halogenated alkanes) is 45. The van der Waals surface area contributed by atoms with Crippen molar-refractivity contribution in [3.8, 4) is 0 Å². The lowest BCUT2D eigenvalue weighted by molar-refractivity contribution is -0.143. The number of aliphatic hydroxyl groups excluding tert-OH is 2. The van der Waals surface area contributed by atoms with E-state index in [2.05, 4.69) is 43.5 Å². The summed E-state index contributed by atoms with van der Waals surface area (Å²) in [7, 11) is 0. The van der Waals surface area contributed by atoms with Crippen LogP contribution < -0.4 is 5.32 Å². The third kappa shape index (κ3) is 57.4. The van der Waals surface area contributed by atoms with Gasteiger partial charge in [-0.25, -0.2) is 0 Å². The molecule has 1 amide bonds. The highest BCUT2D eigenvalue weighted by Crippen LogP contribution is 2.17. The van der Waals surface area contributed by atoms with Gasteiger partial charge in [0, 0.05) is 12.8 Å². The Balaban J connectivity index is 3.43. The Labute approximate surface area is 449 Å². The van der Waals surface area contributed by atoms with Gasteiger partial charge >= 0.3 is 5.97 Å². The van der Waals surface area contributed by atoms with Gasteiger partial charge in [0.15, 0.2) is 0 Å². The molecule has 3 N–H and O–H groups in total. The van der Waals surface area contributed by atoms with Gasteiger partial charge in [-0.2, -0.15) is 0 Å². The second-order valence-electron chi connectivity index (χ2n) is 22.1. The number of nitrogens with one attached hydrogen (secondary N) is 1. The van der Waals surface area contributed by atoms with Gasteiger partial charge in [0.25, 0.3) is 0 Å². The van der Waals surface area contributed by atoms with Gasteiger partial charge in [0.05, 0.1) is 25.4 Å². The number of ether oxygens (including phenoxy) is 1. The molecule has 0 saturated heterocycles. The Bertz CT molecular complexity index is 1170. The van der Waals surface area contributed by atoms with Crippen LogP contribution in [0.5, 0.6) is 0 Å². The number of carbonyl (C=O) groups excluding carboxylic acids is 2. The molecule has 0 aliphatic rings. The first kappa shape index (κ1) is 70.1. The van der Waals surface area contributed by atoms with E-state index in [4.69, 9.17) is 4.74 Å². The molecule has 6 nitrogen and oxygen atoms in total. The number of carbonyl (C=O) groups is 2. The maximum atomic E-state index is 12.5. The van der Waals surface area contributed by atoms with Crippen LogP contribution in [0.1, 0.15) is 348 Å². The highest BCUT2D eigenvalue weighted by Gasteiger charge is 2.18. The molecule has 6 heteroatoms. The van der Waals surface area contributed by atoms with Gasteiger partial charge in [-0.1, -0.05) is 294 Å². The van der Waals surface area contributed by atoms with E-state index in [1.807, 2.05) is 6.08 Å². The Morgan fingerprint density at radius 3 is 1.03 bits per heavy atom. The van der Waals surface area contributed by atoms with Gasteiger partial charge in [0.1, 0.15) is 0 Å². The zero-order valence-electron chi connectivity index (χ0n) is 48.4. The van der Waals surface area contributed by atoms with Crippen LogP contribution in [0.2, 0.25) is 0 Å². The zero-order chi connectivity index (χ0) is 52.2. The van der Waals surface area contributed by atoms with Gasteiger partial charge in [-0.15, -0.1) is 0 Å². The van der Waals surface area contributed by atoms with Crippen molar-refractivity contribution in [1.29, 1.82) is 0 Å². The van der Waals surface area contributed by atoms with E-state index in [1.54, 1.807) is 6.08 Å². The lowest BCUT2D eigenvalue weighted by atomic mass is 10.0. The van der Waals surface area contributed by atoms with Gasteiger partial charge in [-0.05, 0) is 77.0 Å². The molecule has 0 bridgehead atoms. The first-order valence-corrected chi connectivity index (χ1v) is 32.3. The Morgan fingerprint density at radius 2 is 0.667 bits per heavy atom. The quantitative estimate of drug-likeness (QED) is 0.0320. The van der Waals surface area contributed by atoms with Crippen molar-refractivity contribution >= 4 is 11.9 Å². The van der Waals surface area contributed by atoms with E-state index in [0.717, 1.165) is 44.9 Å². The van der Waals surface area contributed by atoms with Crippen LogP contribution in [0.4, 0.5) is 0 Å². The smallest absolute Gasteiger partial charge is 0.305 e. The SMILES string of the molecule is CCCC/C=C\CCCCCCCC(=O)OCCCCCCCCCCCCCC/C=C\CCCCCCCCCCCCC(=O)NC(CO)C(O)/C=C/CCCCCCCCCCCCCCCCCC. The molecule has 0 aromatic carbocycles. The average Bonchev–Trinajstić information content (AvgIpc) is 3.38. The number of rotatable bonds is 60. The van der Waals surface area contributed by atoms with Crippen LogP contribution in [0.3, 0.4) is 0 Å². The van der Waals surface area contributed by atoms with Crippen molar-refractivity contribution in [3.05, 3.63) is 36.5 Å². The van der Waals surface area contributed by atoms with Crippen molar-refractivity contribution in [2.75, 3.05) is 13.2 Å². The van der Waals surface area contributed by atoms with Crippen molar-refractivity contribution in [2.24, 2.45) is 0 Å². The zero-order valence-corrected chi connectivity index (χ0v) is 48.4. The van der Waals surface area contributed by atoms with E-state index < -0.39 is 12.1 Å². The summed E-state index contributed by atoms with van der Waals surface area (Å²) >= 11 is 0. The molecule has 0 aromatic heterocycles. The second kappa shape index (κ2) is 61.6. The molecule has 72 heavy (non-hydrogen) atoms. The molecular weight excluding hydrogens is 887 g/mol. The standard InChI is InChI=1S/C66H125NO5/c1-3-5-7-9-11-13-15-16-17-18-29-32-35-39-42-46-50-54-58-64(69)63(62-68)67-65(70)59-55-51-47-43-40-36-33-30-27-25-23-21-19-20-22-24-26-28-31-34-37-41-45-49-53-57-61-72-66(71)60-56-52-48-44-38-14-12-10-8-6-4-2/h10,12,19,21,54,58,63-64,68-69H,3-9,11,13-18,20,22-53,55-57,59-62H2,1-2H3,(H,67,70)/b12-10-,21-19-,58-54+. The molecule has 2 atom stereocenters. The molecule has 424 valence electrons. The van der Waals surface area contributed by atoms with Gasteiger partial charge < -0.3 is 20.3 Å². The number of esters is 1. The topological polar surface area (TPSA) is 95.9 Å². The molecule has 0 fully saturated rings. The summed E-state index contributed by atoms with van der Waals surface area (Å²) in [6.07, 6.45) is 77.7. The maximum absolute atomic E-state index is 12.5. The highest BCUT2D eigenvalue weighted by atomic mass is 16.5. The van der Waals surface area contributed by atoms with E-state index >= 15 is 0 Å². The van der Waals surface area contributed by atoms with E-state index in [0.29, 0.717) is 19.4 Å². The molecule has 0 spiro atoms. The van der Waals surface area contributed by atoms with Crippen LogP contribution in [-0.2, 0) is 14.3 Å². The molecule has 0 radical (unpaired) electrons. The third-order valence-corrected chi connectivity index (χ3v) is 14.9. The normalized spacial score (nSPS) is 12.8. The Kier molecular flexibility index (Phi) is 60.0. The highest BCUT2D eigenvalue weighted by molar-refractivity contribution is 5.76. The minimum atomic E-state index is -0.846. The molecule has 0 aromatic rings. The van der Waals surface area contributed by atoms with Crippen molar-refractivity contribution < 1.29 is 24.5 Å². The fourth-order valence-corrected chi connectivity index (χ4v) is 9.91. The summed E-state index contributed by atoms with van der Waals surface area (Å²) < 4.78 is 5.46. The number of allylic oxidation sites excluding steroid dienone is 5. The number of aliphatic hydroxyl groups is 2. The summed E-state index contributed by atoms with van der Waals surface area (Å²) in [6, 6.07) is -0.630. The van der Waals surface area contributed by atoms with Crippen LogP contribution in [0.25, 0.3) is 0 Å². The number of hydrogen-bond acceptors (Lipinski definition) is 5. The first-order chi connectivity index (χ1) is 35.5. The van der Waals surface area contributed by atoms with Crippen LogP contribution >= 0.6 is 0 Å². The molecule has 0 aliphatic heterocycles. The molecule has 0 heterocycles. The first-order valence-electron chi connectivity index (χ1n) is 32.3. The summed E-state index contributed by atoms with van der Waals surface area (Å²) in [5.74, 6) is -0.0648. The minimum Gasteiger partial charge on any atom is -0.466 e.